The zero-order chi connectivity index (χ0) is 23.7. The van der Waals surface area contributed by atoms with E-state index in [1.54, 1.807) is 23.6 Å². The Hall–Kier alpha value is -2.97. The highest BCUT2D eigenvalue weighted by atomic mass is 32.2. The Morgan fingerprint density at radius 2 is 1.94 bits per heavy atom. The zero-order valence-electron chi connectivity index (χ0n) is 19.2. The lowest BCUT2D eigenvalue weighted by Gasteiger charge is -2.19. The quantitative estimate of drug-likeness (QED) is 0.236. The topological polar surface area (TPSA) is 68.1 Å². The number of anilines is 2. The van der Waals surface area contributed by atoms with Crippen LogP contribution >= 0.6 is 23.1 Å². The van der Waals surface area contributed by atoms with Gasteiger partial charge in [0.25, 0.3) is 5.56 Å². The smallest absolute Gasteiger partial charge is 0.262 e. The van der Waals surface area contributed by atoms with Crippen LogP contribution in [0.2, 0.25) is 0 Å². The SMILES string of the molecule is CC(=O)N(c1cccc(C)c1)c1nc(CSc2nc3ccccc3c(=O)n2C2CCCC2)cs1. The first kappa shape index (κ1) is 22.8. The number of aromatic nitrogens is 3. The molecule has 0 N–H and O–H groups in total. The van der Waals surface area contributed by atoms with Gasteiger partial charge in [-0.1, -0.05) is 48.9 Å². The highest BCUT2D eigenvalue weighted by molar-refractivity contribution is 7.98. The second-order valence-electron chi connectivity index (χ2n) is 8.63. The Labute approximate surface area is 206 Å². The molecule has 0 spiro atoms. The molecule has 8 heteroatoms. The lowest BCUT2D eigenvalue weighted by molar-refractivity contribution is -0.115. The van der Waals surface area contributed by atoms with Gasteiger partial charge in [0.05, 0.1) is 22.3 Å². The average molecular weight is 491 g/mol. The van der Waals surface area contributed by atoms with Crippen molar-refractivity contribution in [2.45, 2.75) is 56.5 Å². The molecule has 2 aromatic carbocycles. The van der Waals surface area contributed by atoms with Crippen LogP contribution in [0.1, 0.15) is 49.9 Å². The Morgan fingerprint density at radius 1 is 1.15 bits per heavy atom. The summed E-state index contributed by atoms with van der Waals surface area (Å²) < 4.78 is 1.90. The van der Waals surface area contributed by atoms with E-state index in [0.29, 0.717) is 16.3 Å². The second-order valence-corrected chi connectivity index (χ2v) is 10.4. The highest BCUT2D eigenvalue weighted by Crippen LogP contribution is 2.34. The van der Waals surface area contributed by atoms with Crippen molar-refractivity contribution < 1.29 is 4.79 Å². The van der Waals surface area contributed by atoms with E-state index in [2.05, 4.69) is 0 Å². The van der Waals surface area contributed by atoms with Crippen molar-refractivity contribution in [2.24, 2.45) is 0 Å². The molecule has 174 valence electrons. The fourth-order valence-corrected chi connectivity index (χ4v) is 6.46. The molecule has 1 amide bonds. The van der Waals surface area contributed by atoms with Crippen LogP contribution in [-0.4, -0.2) is 20.4 Å². The van der Waals surface area contributed by atoms with Crippen LogP contribution in [-0.2, 0) is 10.5 Å². The number of hydrogen-bond acceptors (Lipinski definition) is 6. The molecule has 0 unspecified atom stereocenters. The van der Waals surface area contributed by atoms with E-state index in [0.717, 1.165) is 53.3 Å². The van der Waals surface area contributed by atoms with Gasteiger partial charge >= 0.3 is 0 Å². The molecule has 4 aromatic rings. The summed E-state index contributed by atoms with van der Waals surface area (Å²) in [4.78, 5) is 37.0. The van der Waals surface area contributed by atoms with Crippen LogP contribution in [0.3, 0.4) is 0 Å². The molecule has 5 rings (SSSR count). The van der Waals surface area contributed by atoms with Crippen molar-refractivity contribution in [1.29, 1.82) is 0 Å². The van der Waals surface area contributed by atoms with Gasteiger partial charge in [0.1, 0.15) is 0 Å². The summed E-state index contributed by atoms with van der Waals surface area (Å²) in [7, 11) is 0. The average Bonchev–Trinajstić information content (AvgIpc) is 3.50. The molecule has 1 aliphatic carbocycles. The minimum absolute atomic E-state index is 0.0427. The first-order chi connectivity index (χ1) is 16.5. The number of rotatable bonds is 6. The summed E-state index contributed by atoms with van der Waals surface area (Å²) in [5.41, 5.74) is 3.53. The van der Waals surface area contributed by atoms with E-state index in [9.17, 15) is 9.59 Å². The van der Waals surface area contributed by atoms with Crippen molar-refractivity contribution in [2.75, 3.05) is 4.90 Å². The number of thioether (sulfide) groups is 1. The summed E-state index contributed by atoms with van der Waals surface area (Å²) >= 11 is 2.99. The summed E-state index contributed by atoms with van der Waals surface area (Å²) in [6.45, 7) is 3.56. The number of fused-ring (bicyclic) bond motifs is 1. The lowest BCUT2D eigenvalue weighted by Crippen LogP contribution is -2.26. The van der Waals surface area contributed by atoms with Crippen LogP contribution in [0.5, 0.6) is 0 Å². The van der Waals surface area contributed by atoms with Gasteiger partial charge in [-0.05, 0) is 49.6 Å². The van der Waals surface area contributed by atoms with Crippen molar-refractivity contribution in [1.82, 2.24) is 14.5 Å². The van der Waals surface area contributed by atoms with Gasteiger partial charge in [-0.25, -0.2) is 9.97 Å². The van der Waals surface area contributed by atoms with Gasteiger partial charge < -0.3 is 0 Å². The Bertz CT molecular complexity index is 1410. The Kier molecular flexibility index (Phi) is 6.52. The standard InChI is InChI=1S/C26H26N4O2S2/c1-17-8-7-11-21(14-17)29(18(2)31)25-27-19(15-33-25)16-34-26-28-23-13-6-5-12-22(23)24(32)30(26)20-9-3-4-10-20/h5-8,11-15,20H,3-4,9-10,16H2,1-2H3. The van der Waals surface area contributed by atoms with E-state index in [-0.39, 0.29) is 17.5 Å². The minimum Gasteiger partial charge on any atom is -0.284 e. The molecule has 0 atom stereocenters. The number of para-hydroxylation sites is 1. The molecule has 2 aromatic heterocycles. The number of aryl methyl sites for hydroxylation is 1. The van der Waals surface area contributed by atoms with Gasteiger partial charge in [0.15, 0.2) is 10.3 Å². The molecule has 0 aliphatic heterocycles. The third-order valence-electron chi connectivity index (χ3n) is 6.12. The van der Waals surface area contributed by atoms with Gasteiger partial charge in [-0.2, -0.15) is 0 Å². The zero-order valence-corrected chi connectivity index (χ0v) is 20.9. The molecule has 6 nitrogen and oxygen atoms in total. The van der Waals surface area contributed by atoms with E-state index in [4.69, 9.17) is 9.97 Å². The Balaban J connectivity index is 1.44. The Morgan fingerprint density at radius 3 is 2.71 bits per heavy atom. The van der Waals surface area contributed by atoms with Crippen LogP contribution < -0.4 is 10.5 Å². The molecule has 2 heterocycles. The molecule has 34 heavy (non-hydrogen) atoms. The normalized spacial score (nSPS) is 14.1. The number of carbonyl (C=O) groups is 1. The fourth-order valence-electron chi connectivity index (χ4n) is 4.51. The third kappa shape index (κ3) is 4.52. The number of carbonyl (C=O) groups excluding carboxylic acids is 1. The van der Waals surface area contributed by atoms with E-state index in [1.165, 1.54) is 11.3 Å². The van der Waals surface area contributed by atoms with Gasteiger partial charge in [0.2, 0.25) is 5.91 Å². The molecule has 0 bridgehead atoms. The molecule has 0 radical (unpaired) electrons. The van der Waals surface area contributed by atoms with Crippen molar-refractivity contribution >= 4 is 50.7 Å². The maximum atomic E-state index is 13.4. The largest absolute Gasteiger partial charge is 0.284 e. The van der Waals surface area contributed by atoms with Crippen molar-refractivity contribution in [3.05, 3.63) is 75.5 Å². The maximum absolute atomic E-state index is 13.4. The molecular weight excluding hydrogens is 464 g/mol. The number of benzene rings is 2. The molecule has 1 fully saturated rings. The van der Waals surface area contributed by atoms with Gasteiger partial charge in [-0.15, -0.1) is 11.3 Å². The maximum Gasteiger partial charge on any atom is 0.262 e. The molecule has 1 aliphatic rings. The molecule has 0 saturated heterocycles. The van der Waals surface area contributed by atoms with E-state index in [1.807, 2.05) is 65.4 Å². The first-order valence-corrected chi connectivity index (χ1v) is 13.3. The number of nitrogens with zero attached hydrogens (tertiary/aromatic N) is 4. The van der Waals surface area contributed by atoms with E-state index >= 15 is 0 Å². The summed E-state index contributed by atoms with van der Waals surface area (Å²) in [6, 6.07) is 15.6. The van der Waals surface area contributed by atoms with Crippen LogP contribution in [0.25, 0.3) is 10.9 Å². The van der Waals surface area contributed by atoms with Crippen LogP contribution in [0, 0.1) is 6.92 Å². The number of thiazole rings is 1. The predicted octanol–water partition coefficient (Wildman–Crippen LogP) is 6.25. The van der Waals surface area contributed by atoms with E-state index < -0.39 is 0 Å². The number of hydrogen-bond donors (Lipinski definition) is 0. The predicted molar refractivity (Wildman–Crippen MR) is 139 cm³/mol. The first-order valence-electron chi connectivity index (χ1n) is 11.5. The van der Waals surface area contributed by atoms with Crippen molar-refractivity contribution in [3.63, 3.8) is 0 Å². The molecule has 1 saturated carbocycles. The summed E-state index contributed by atoms with van der Waals surface area (Å²) in [6.07, 6.45) is 4.31. The highest BCUT2D eigenvalue weighted by Gasteiger charge is 2.24. The summed E-state index contributed by atoms with van der Waals surface area (Å²) in [5.74, 6) is 0.499. The molecular formula is C26H26N4O2S2. The van der Waals surface area contributed by atoms with Gasteiger partial charge in [-0.3, -0.25) is 19.1 Å². The monoisotopic (exact) mass is 490 g/mol. The van der Waals surface area contributed by atoms with Crippen molar-refractivity contribution in [3.8, 4) is 0 Å². The van der Waals surface area contributed by atoms with Gasteiger partial charge in [0, 0.05) is 24.1 Å². The lowest BCUT2D eigenvalue weighted by atomic mass is 10.2. The summed E-state index contributed by atoms with van der Waals surface area (Å²) in [5, 5.41) is 4.04. The van der Waals surface area contributed by atoms with Crippen LogP contribution in [0.4, 0.5) is 10.8 Å². The number of amides is 1. The fraction of sp³-hybridized carbons (Fsp3) is 0.308. The minimum atomic E-state index is -0.0783. The van der Waals surface area contributed by atoms with Crippen LogP contribution in [0.15, 0.2) is 63.9 Å². The second kappa shape index (κ2) is 9.72. The third-order valence-corrected chi connectivity index (χ3v) is 7.98.